The first-order valence-corrected chi connectivity index (χ1v) is 9.80. The molecule has 0 saturated heterocycles. The van der Waals surface area contributed by atoms with Gasteiger partial charge in [0.05, 0.1) is 13.3 Å². The van der Waals surface area contributed by atoms with E-state index in [2.05, 4.69) is 27.2 Å². The van der Waals surface area contributed by atoms with Gasteiger partial charge in [-0.05, 0) is 30.7 Å². The van der Waals surface area contributed by atoms with Gasteiger partial charge in [0.25, 0.3) is 5.91 Å². The number of aromatic nitrogens is 3. The maximum absolute atomic E-state index is 12.6. The fourth-order valence-electron chi connectivity index (χ4n) is 3.52. The number of ether oxygens (including phenoxy) is 2. The number of hydrogen-bond donors (Lipinski definition) is 1. The van der Waals surface area contributed by atoms with Gasteiger partial charge >= 0.3 is 0 Å². The van der Waals surface area contributed by atoms with Crippen molar-refractivity contribution in [3.05, 3.63) is 54.0 Å². The quantitative estimate of drug-likeness (QED) is 0.689. The van der Waals surface area contributed by atoms with Crippen LogP contribution in [0.4, 0.5) is 0 Å². The predicted molar refractivity (Wildman–Crippen MR) is 108 cm³/mol. The Balaban J connectivity index is 1.41. The molecule has 3 heterocycles. The van der Waals surface area contributed by atoms with Crippen LogP contribution in [0.25, 0.3) is 5.65 Å². The number of methoxy groups -OCH3 is 1. The van der Waals surface area contributed by atoms with Gasteiger partial charge in [0.1, 0.15) is 23.2 Å². The van der Waals surface area contributed by atoms with Crippen LogP contribution in [0.1, 0.15) is 29.3 Å². The van der Waals surface area contributed by atoms with Gasteiger partial charge < -0.3 is 14.8 Å². The molecular formula is C21H25N5O3. The second kappa shape index (κ2) is 8.48. The summed E-state index contributed by atoms with van der Waals surface area (Å²) in [5.74, 6) is 1.55. The molecule has 4 rings (SSSR count). The molecular weight excluding hydrogens is 370 g/mol. The fourth-order valence-corrected chi connectivity index (χ4v) is 3.52. The molecule has 1 atom stereocenters. The number of nitrogens with one attached hydrogen (secondary N) is 1. The van der Waals surface area contributed by atoms with E-state index in [4.69, 9.17) is 9.47 Å². The van der Waals surface area contributed by atoms with E-state index >= 15 is 0 Å². The van der Waals surface area contributed by atoms with Gasteiger partial charge in [-0.2, -0.15) is 5.10 Å². The maximum atomic E-state index is 12.6. The number of rotatable bonds is 6. The Labute approximate surface area is 169 Å². The topological polar surface area (TPSA) is 81.0 Å². The van der Waals surface area contributed by atoms with Crippen molar-refractivity contribution in [3.8, 4) is 11.5 Å². The van der Waals surface area contributed by atoms with Crippen molar-refractivity contribution in [2.45, 2.75) is 26.0 Å². The lowest BCUT2D eigenvalue weighted by Gasteiger charge is -2.23. The Morgan fingerprint density at radius 2 is 2.31 bits per heavy atom. The van der Waals surface area contributed by atoms with E-state index in [9.17, 15) is 4.79 Å². The highest BCUT2D eigenvalue weighted by Crippen LogP contribution is 2.29. The zero-order chi connectivity index (χ0) is 20.2. The highest BCUT2D eigenvalue weighted by atomic mass is 16.5. The smallest absolute Gasteiger partial charge is 0.256 e. The molecule has 1 amide bonds. The molecule has 1 aromatic carbocycles. The van der Waals surface area contributed by atoms with Gasteiger partial charge in [0.2, 0.25) is 0 Å². The summed E-state index contributed by atoms with van der Waals surface area (Å²) in [4.78, 5) is 19.1. The molecule has 29 heavy (non-hydrogen) atoms. The predicted octanol–water partition coefficient (Wildman–Crippen LogP) is 2.14. The van der Waals surface area contributed by atoms with Crippen molar-refractivity contribution in [3.63, 3.8) is 0 Å². The first kappa shape index (κ1) is 19.2. The Morgan fingerprint density at radius 1 is 1.41 bits per heavy atom. The molecule has 0 aliphatic carbocycles. The first-order chi connectivity index (χ1) is 14.2. The Hall–Kier alpha value is -3.13. The SMILES string of the molecule is CCC1CN(CCNC(=O)c2cnn3cccnc23)Cc2cc(OC)ccc2O1. The summed E-state index contributed by atoms with van der Waals surface area (Å²) in [6.45, 7) is 4.92. The van der Waals surface area contributed by atoms with E-state index in [0.717, 1.165) is 43.1 Å². The number of amides is 1. The number of hydrogen-bond acceptors (Lipinski definition) is 6. The summed E-state index contributed by atoms with van der Waals surface area (Å²) in [6.07, 6.45) is 6.01. The largest absolute Gasteiger partial charge is 0.497 e. The van der Waals surface area contributed by atoms with E-state index in [1.54, 1.807) is 36.3 Å². The molecule has 0 saturated carbocycles. The van der Waals surface area contributed by atoms with Gasteiger partial charge in [-0.3, -0.25) is 9.69 Å². The number of nitrogens with zero attached hydrogens (tertiary/aromatic N) is 4. The van der Waals surface area contributed by atoms with Crippen molar-refractivity contribution >= 4 is 11.6 Å². The first-order valence-electron chi connectivity index (χ1n) is 9.80. The van der Waals surface area contributed by atoms with Crippen LogP contribution in [0.5, 0.6) is 11.5 Å². The van der Waals surface area contributed by atoms with Crippen LogP contribution in [0, 0.1) is 0 Å². The molecule has 1 N–H and O–H groups in total. The standard InChI is InChI=1S/C21H25N5O3/c1-3-16-14-25(13-15-11-17(28-2)5-6-19(15)29-16)10-8-23-21(27)18-12-24-26-9-4-7-22-20(18)26/h4-7,9,11-12,16H,3,8,10,13-14H2,1-2H3,(H,23,27). The third kappa shape index (κ3) is 4.17. The minimum absolute atomic E-state index is 0.115. The second-order valence-electron chi connectivity index (χ2n) is 7.06. The summed E-state index contributed by atoms with van der Waals surface area (Å²) < 4.78 is 13.1. The van der Waals surface area contributed by atoms with Crippen LogP contribution >= 0.6 is 0 Å². The molecule has 2 aromatic heterocycles. The molecule has 3 aromatic rings. The average Bonchev–Trinajstić information content (AvgIpc) is 3.09. The number of carbonyl (C=O) groups is 1. The third-order valence-corrected chi connectivity index (χ3v) is 5.11. The molecule has 1 aliphatic rings. The van der Waals surface area contributed by atoms with Crippen molar-refractivity contribution in [1.29, 1.82) is 0 Å². The zero-order valence-electron chi connectivity index (χ0n) is 16.7. The van der Waals surface area contributed by atoms with Crippen molar-refractivity contribution in [2.24, 2.45) is 0 Å². The molecule has 1 aliphatic heterocycles. The van der Waals surface area contributed by atoms with Crippen LogP contribution < -0.4 is 14.8 Å². The molecule has 0 bridgehead atoms. The molecule has 8 heteroatoms. The lowest BCUT2D eigenvalue weighted by Crippen LogP contribution is -2.38. The fraction of sp³-hybridized carbons (Fsp3) is 0.381. The number of benzene rings is 1. The van der Waals surface area contributed by atoms with Crippen molar-refractivity contribution in [2.75, 3.05) is 26.7 Å². The summed E-state index contributed by atoms with van der Waals surface area (Å²) in [5, 5.41) is 7.15. The highest BCUT2D eigenvalue weighted by molar-refractivity contribution is 5.99. The van der Waals surface area contributed by atoms with Crippen LogP contribution in [-0.4, -0.2) is 58.3 Å². The minimum atomic E-state index is -0.168. The molecule has 8 nitrogen and oxygen atoms in total. The molecule has 0 radical (unpaired) electrons. The van der Waals surface area contributed by atoms with Crippen LogP contribution in [-0.2, 0) is 6.54 Å². The van der Waals surface area contributed by atoms with E-state index in [-0.39, 0.29) is 12.0 Å². The molecule has 152 valence electrons. The zero-order valence-corrected chi connectivity index (χ0v) is 16.7. The van der Waals surface area contributed by atoms with Gasteiger partial charge in [-0.1, -0.05) is 6.92 Å². The number of carbonyl (C=O) groups excluding carboxylic acids is 1. The minimum Gasteiger partial charge on any atom is -0.497 e. The molecule has 1 unspecified atom stereocenters. The Bertz CT molecular complexity index is 1000. The molecule has 0 spiro atoms. The van der Waals surface area contributed by atoms with Gasteiger partial charge in [-0.25, -0.2) is 9.50 Å². The Kier molecular flexibility index (Phi) is 5.62. The van der Waals surface area contributed by atoms with E-state index in [1.165, 1.54) is 0 Å². The lowest BCUT2D eigenvalue weighted by atomic mass is 10.2. The van der Waals surface area contributed by atoms with Crippen LogP contribution in [0.15, 0.2) is 42.9 Å². The van der Waals surface area contributed by atoms with Crippen LogP contribution in [0.2, 0.25) is 0 Å². The lowest BCUT2D eigenvalue weighted by molar-refractivity contribution is 0.0944. The maximum Gasteiger partial charge on any atom is 0.256 e. The summed E-state index contributed by atoms with van der Waals surface area (Å²) in [7, 11) is 1.66. The van der Waals surface area contributed by atoms with E-state index < -0.39 is 0 Å². The summed E-state index contributed by atoms with van der Waals surface area (Å²) >= 11 is 0. The Morgan fingerprint density at radius 3 is 3.14 bits per heavy atom. The third-order valence-electron chi connectivity index (χ3n) is 5.11. The molecule has 0 fully saturated rings. The van der Waals surface area contributed by atoms with Crippen molar-refractivity contribution in [1.82, 2.24) is 24.8 Å². The van der Waals surface area contributed by atoms with E-state index in [0.29, 0.717) is 17.8 Å². The van der Waals surface area contributed by atoms with Gasteiger partial charge in [0.15, 0.2) is 5.65 Å². The normalized spacial score (nSPS) is 16.7. The van der Waals surface area contributed by atoms with Crippen LogP contribution in [0.3, 0.4) is 0 Å². The van der Waals surface area contributed by atoms with Gasteiger partial charge in [0, 0.05) is 44.1 Å². The summed E-state index contributed by atoms with van der Waals surface area (Å²) in [5.41, 5.74) is 2.13. The summed E-state index contributed by atoms with van der Waals surface area (Å²) in [6, 6.07) is 7.69. The van der Waals surface area contributed by atoms with E-state index in [1.807, 2.05) is 18.2 Å². The highest BCUT2D eigenvalue weighted by Gasteiger charge is 2.22. The monoisotopic (exact) mass is 395 g/mol. The second-order valence-corrected chi connectivity index (χ2v) is 7.06. The average molecular weight is 395 g/mol. The van der Waals surface area contributed by atoms with Crippen molar-refractivity contribution < 1.29 is 14.3 Å². The number of fused-ring (bicyclic) bond motifs is 2. The van der Waals surface area contributed by atoms with Gasteiger partial charge in [-0.15, -0.1) is 0 Å².